The highest BCUT2D eigenvalue weighted by atomic mass is 32.2. The van der Waals surface area contributed by atoms with Crippen LogP contribution >= 0.6 is 11.8 Å². The summed E-state index contributed by atoms with van der Waals surface area (Å²) in [6.07, 6.45) is 11.7. The van der Waals surface area contributed by atoms with Crippen molar-refractivity contribution in [2.45, 2.75) is 25.8 Å². The number of aromatic nitrogens is 2. The van der Waals surface area contributed by atoms with Gasteiger partial charge >= 0.3 is 0 Å². The Bertz CT molecular complexity index is 224. The highest BCUT2D eigenvalue weighted by Gasteiger charge is 1.91. The number of rotatable bonds is 9. The van der Waals surface area contributed by atoms with Crippen molar-refractivity contribution in [1.29, 1.82) is 0 Å². The van der Waals surface area contributed by atoms with Crippen LogP contribution in [0.25, 0.3) is 0 Å². The van der Waals surface area contributed by atoms with Crippen molar-refractivity contribution in [3.8, 4) is 0 Å². The normalized spacial score (nSPS) is 10.7. The first kappa shape index (κ1) is 12.6. The second-order valence-electron chi connectivity index (χ2n) is 3.60. The number of hydrogen-bond acceptors (Lipinski definition) is 3. The Morgan fingerprint density at radius 2 is 2.13 bits per heavy atom. The molecule has 0 aliphatic rings. The molecule has 1 aromatic heterocycles. The number of aryl methyl sites for hydroxylation is 1. The van der Waals surface area contributed by atoms with E-state index in [4.69, 9.17) is 0 Å². The number of hydrogen-bond donors (Lipinski definition) is 1. The van der Waals surface area contributed by atoms with E-state index in [1.54, 1.807) is 0 Å². The maximum atomic E-state index is 4.01. The zero-order chi connectivity index (χ0) is 10.8. The third-order valence-corrected chi connectivity index (χ3v) is 2.98. The van der Waals surface area contributed by atoms with Crippen molar-refractivity contribution < 1.29 is 0 Å². The first-order chi connectivity index (χ1) is 7.43. The van der Waals surface area contributed by atoms with Crippen LogP contribution in [0, 0.1) is 0 Å². The molecule has 0 spiro atoms. The molecular formula is C11H21N3S. The minimum Gasteiger partial charge on any atom is -0.337 e. The molecule has 1 rings (SSSR count). The summed E-state index contributed by atoms with van der Waals surface area (Å²) in [7, 11) is 0. The zero-order valence-corrected chi connectivity index (χ0v) is 10.3. The van der Waals surface area contributed by atoms with Crippen LogP contribution < -0.4 is 5.32 Å². The highest BCUT2D eigenvalue weighted by molar-refractivity contribution is 7.98. The Hall–Kier alpha value is -0.480. The number of thioether (sulfide) groups is 1. The van der Waals surface area contributed by atoms with Gasteiger partial charge in [0.25, 0.3) is 0 Å². The van der Waals surface area contributed by atoms with Crippen molar-refractivity contribution in [2.75, 3.05) is 25.1 Å². The van der Waals surface area contributed by atoms with Gasteiger partial charge in [-0.05, 0) is 44.4 Å². The van der Waals surface area contributed by atoms with E-state index >= 15 is 0 Å². The first-order valence-corrected chi connectivity index (χ1v) is 6.98. The lowest BCUT2D eigenvalue weighted by molar-refractivity contribution is 0.569. The lowest BCUT2D eigenvalue weighted by atomic mass is 10.3. The standard InChI is InChI=1S/C11H21N3S/c1-15-10-3-2-5-12-6-4-8-14-9-7-13-11-14/h7,9,11-12H,2-6,8,10H2,1H3. The smallest absolute Gasteiger partial charge is 0.0945 e. The average molecular weight is 227 g/mol. The molecule has 0 saturated carbocycles. The third-order valence-electron chi connectivity index (χ3n) is 2.28. The van der Waals surface area contributed by atoms with Crippen molar-refractivity contribution in [3.05, 3.63) is 18.7 Å². The van der Waals surface area contributed by atoms with Crippen molar-refractivity contribution in [3.63, 3.8) is 0 Å². The molecule has 0 fully saturated rings. The number of nitrogens with one attached hydrogen (secondary N) is 1. The zero-order valence-electron chi connectivity index (χ0n) is 9.48. The summed E-state index contributed by atoms with van der Waals surface area (Å²) in [5.41, 5.74) is 0. The van der Waals surface area contributed by atoms with Crippen LogP contribution in [-0.4, -0.2) is 34.6 Å². The molecular weight excluding hydrogens is 206 g/mol. The van der Waals surface area contributed by atoms with Crippen LogP contribution in [0.2, 0.25) is 0 Å². The van der Waals surface area contributed by atoms with Gasteiger partial charge in [-0.3, -0.25) is 0 Å². The van der Waals surface area contributed by atoms with Gasteiger partial charge in [0.2, 0.25) is 0 Å². The Kier molecular flexibility index (Phi) is 7.38. The van der Waals surface area contributed by atoms with E-state index in [1.165, 1.54) is 25.0 Å². The first-order valence-electron chi connectivity index (χ1n) is 5.59. The molecule has 86 valence electrons. The average Bonchev–Trinajstić information content (AvgIpc) is 2.75. The van der Waals surface area contributed by atoms with Gasteiger partial charge in [0, 0.05) is 18.9 Å². The molecule has 0 aliphatic carbocycles. The second-order valence-corrected chi connectivity index (χ2v) is 4.59. The van der Waals surface area contributed by atoms with Crippen LogP contribution in [0.3, 0.4) is 0 Å². The molecule has 1 heterocycles. The van der Waals surface area contributed by atoms with Crippen molar-refractivity contribution in [2.24, 2.45) is 0 Å². The summed E-state index contributed by atoms with van der Waals surface area (Å²) in [6, 6.07) is 0. The van der Waals surface area contributed by atoms with Gasteiger partial charge in [0.05, 0.1) is 6.33 Å². The summed E-state index contributed by atoms with van der Waals surface area (Å²) >= 11 is 1.93. The predicted molar refractivity (Wildman–Crippen MR) is 67.3 cm³/mol. The SMILES string of the molecule is CSCCCCNCCCn1ccnc1. The minimum atomic E-state index is 1.07. The molecule has 0 aromatic carbocycles. The Labute approximate surface area is 96.7 Å². The topological polar surface area (TPSA) is 29.9 Å². The molecule has 0 radical (unpaired) electrons. The number of unbranched alkanes of at least 4 members (excludes halogenated alkanes) is 1. The summed E-state index contributed by atoms with van der Waals surface area (Å²) < 4.78 is 2.12. The molecule has 1 N–H and O–H groups in total. The molecule has 0 bridgehead atoms. The molecule has 3 nitrogen and oxygen atoms in total. The van der Waals surface area contributed by atoms with Crippen LogP contribution in [0.4, 0.5) is 0 Å². The molecule has 1 aromatic rings. The number of nitrogens with zero attached hydrogens (tertiary/aromatic N) is 2. The fraction of sp³-hybridized carbons (Fsp3) is 0.727. The van der Waals surface area contributed by atoms with Crippen LogP contribution in [0.5, 0.6) is 0 Å². The van der Waals surface area contributed by atoms with Gasteiger partial charge in [-0.25, -0.2) is 4.98 Å². The maximum Gasteiger partial charge on any atom is 0.0945 e. The van der Waals surface area contributed by atoms with Gasteiger partial charge in [-0.2, -0.15) is 11.8 Å². The fourth-order valence-electron chi connectivity index (χ4n) is 1.43. The molecule has 4 heteroatoms. The maximum absolute atomic E-state index is 4.01. The molecule has 0 amide bonds. The third kappa shape index (κ3) is 6.57. The van der Waals surface area contributed by atoms with E-state index in [-0.39, 0.29) is 0 Å². The second kappa shape index (κ2) is 8.80. The Morgan fingerprint density at radius 1 is 1.27 bits per heavy atom. The largest absolute Gasteiger partial charge is 0.337 e. The van der Waals surface area contributed by atoms with Gasteiger partial charge in [-0.1, -0.05) is 0 Å². The van der Waals surface area contributed by atoms with Gasteiger partial charge in [0.1, 0.15) is 0 Å². The van der Waals surface area contributed by atoms with E-state index in [0.29, 0.717) is 0 Å². The summed E-state index contributed by atoms with van der Waals surface area (Å²) in [5.74, 6) is 1.29. The van der Waals surface area contributed by atoms with Crippen molar-refractivity contribution in [1.82, 2.24) is 14.9 Å². The Balaban J connectivity index is 1.81. The molecule has 0 saturated heterocycles. The summed E-state index contributed by atoms with van der Waals surface area (Å²) in [5, 5.41) is 3.46. The van der Waals surface area contributed by atoms with Gasteiger partial charge in [0.15, 0.2) is 0 Å². The van der Waals surface area contributed by atoms with E-state index in [0.717, 1.165) is 19.6 Å². The van der Waals surface area contributed by atoms with Gasteiger partial charge in [-0.15, -0.1) is 0 Å². The molecule has 0 aliphatic heterocycles. The van der Waals surface area contributed by atoms with Gasteiger partial charge < -0.3 is 9.88 Å². The van der Waals surface area contributed by atoms with E-state index in [2.05, 4.69) is 21.1 Å². The number of imidazole rings is 1. The van der Waals surface area contributed by atoms with E-state index in [1.807, 2.05) is 30.5 Å². The lowest BCUT2D eigenvalue weighted by Gasteiger charge is -2.04. The van der Waals surface area contributed by atoms with E-state index in [9.17, 15) is 0 Å². The van der Waals surface area contributed by atoms with Crippen LogP contribution in [0.15, 0.2) is 18.7 Å². The predicted octanol–water partition coefficient (Wildman–Crippen LogP) is 2.01. The van der Waals surface area contributed by atoms with Crippen LogP contribution in [-0.2, 0) is 6.54 Å². The fourth-order valence-corrected chi connectivity index (χ4v) is 1.92. The molecule has 15 heavy (non-hydrogen) atoms. The highest BCUT2D eigenvalue weighted by Crippen LogP contribution is 1.97. The quantitative estimate of drug-likeness (QED) is 0.655. The molecule has 0 atom stereocenters. The summed E-state index contributed by atoms with van der Waals surface area (Å²) in [4.78, 5) is 4.01. The minimum absolute atomic E-state index is 1.07. The van der Waals surface area contributed by atoms with Crippen LogP contribution in [0.1, 0.15) is 19.3 Å². The molecule has 0 unspecified atom stereocenters. The van der Waals surface area contributed by atoms with Crippen molar-refractivity contribution >= 4 is 11.8 Å². The lowest BCUT2D eigenvalue weighted by Crippen LogP contribution is -2.18. The van der Waals surface area contributed by atoms with E-state index < -0.39 is 0 Å². The summed E-state index contributed by atoms with van der Waals surface area (Å²) in [6.45, 7) is 3.33. The monoisotopic (exact) mass is 227 g/mol. The Morgan fingerprint density at radius 3 is 2.87 bits per heavy atom.